The number of nitrogen functional groups attached to an aromatic ring is 1. The van der Waals surface area contributed by atoms with E-state index in [0.717, 1.165) is 0 Å². The van der Waals surface area contributed by atoms with Gasteiger partial charge in [0.15, 0.2) is 0 Å². The number of aryl methyl sites for hydroxylation is 1. The van der Waals surface area contributed by atoms with E-state index in [4.69, 9.17) is 29.0 Å². The number of rotatable bonds is 4. The van der Waals surface area contributed by atoms with E-state index in [9.17, 15) is 4.79 Å². The molecule has 0 bridgehead atoms. The van der Waals surface area contributed by atoms with Crippen LogP contribution in [0.5, 0.6) is 0 Å². The Bertz CT molecular complexity index is 676. The van der Waals surface area contributed by atoms with Crippen molar-refractivity contribution in [3.63, 3.8) is 0 Å². The van der Waals surface area contributed by atoms with Crippen molar-refractivity contribution in [1.82, 2.24) is 14.9 Å². The van der Waals surface area contributed by atoms with Gasteiger partial charge in [0.2, 0.25) is 11.1 Å². The van der Waals surface area contributed by atoms with Gasteiger partial charge in [-0.2, -0.15) is 0 Å². The first-order chi connectivity index (χ1) is 9.88. The van der Waals surface area contributed by atoms with Crippen molar-refractivity contribution in [2.75, 3.05) is 11.2 Å². The molecule has 21 heavy (non-hydrogen) atoms. The lowest BCUT2D eigenvalue weighted by atomic mass is 10.3. The number of nitrogens with zero attached hydrogens (tertiary/aromatic N) is 3. The average molecular weight is 346 g/mol. The number of amides is 1. The van der Waals surface area contributed by atoms with Crippen LogP contribution in [-0.2, 0) is 4.79 Å². The number of carbonyl (C=O) groups excluding carboxylic acids is 1. The summed E-state index contributed by atoms with van der Waals surface area (Å²) >= 11 is 13.0. The number of halogens is 2. The van der Waals surface area contributed by atoms with Crippen LogP contribution in [0.15, 0.2) is 23.4 Å². The fourth-order valence-electron chi connectivity index (χ4n) is 1.47. The summed E-state index contributed by atoms with van der Waals surface area (Å²) in [5, 5.41) is 11.4. The van der Waals surface area contributed by atoms with Crippen molar-refractivity contribution in [3.8, 4) is 0 Å². The molecule has 1 aromatic heterocycles. The molecule has 0 saturated carbocycles. The van der Waals surface area contributed by atoms with Gasteiger partial charge in [-0.05, 0) is 32.0 Å². The highest BCUT2D eigenvalue weighted by Gasteiger charge is 2.19. The molecular weight excluding hydrogens is 333 g/mol. The minimum atomic E-state index is -0.414. The summed E-state index contributed by atoms with van der Waals surface area (Å²) in [7, 11) is 0. The van der Waals surface area contributed by atoms with E-state index in [0.29, 0.717) is 26.7 Å². The zero-order valence-electron chi connectivity index (χ0n) is 11.3. The minimum Gasteiger partial charge on any atom is -0.336 e. The van der Waals surface area contributed by atoms with Crippen LogP contribution in [0.3, 0.4) is 0 Å². The first-order valence-electron chi connectivity index (χ1n) is 5.98. The maximum absolute atomic E-state index is 12.2. The zero-order valence-corrected chi connectivity index (χ0v) is 13.6. The molecule has 0 aliphatic heterocycles. The number of hydrogen-bond donors (Lipinski definition) is 2. The predicted octanol–water partition coefficient (Wildman–Crippen LogP) is 2.73. The van der Waals surface area contributed by atoms with Gasteiger partial charge in [-0.15, -0.1) is 10.2 Å². The molecule has 2 rings (SSSR count). The Hall–Kier alpha value is -1.44. The molecule has 0 unspecified atom stereocenters. The molecule has 1 amide bonds. The van der Waals surface area contributed by atoms with Gasteiger partial charge >= 0.3 is 0 Å². The van der Waals surface area contributed by atoms with Crippen LogP contribution in [0.2, 0.25) is 10.0 Å². The number of aromatic nitrogens is 3. The van der Waals surface area contributed by atoms with Crippen LogP contribution in [0.1, 0.15) is 12.7 Å². The van der Waals surface area contributed by atoms with Crippen molar-refractivity contribution >= 4 is 46.6 Å². The molecule has 1 atom stereocenters. The monoisotopic (exact) mass is 345 g/mol. The molecule has 0 fully saturated rings. The predicted molar refractivity (Wildman–Crippen MR) is 85.3 cm³/mol. The number of nitrogens with two attached hydrogens (primary N) is 1. The summed E-state index contributed by atoms with van der Waals surface area (Å²) in [4.78, 5) is 12.2. The SMILES string of the molecule is Cc1nnc(S[C@H](C)C(=O)Nc2ccc(Cl)cc2Cl)n1N. The van der Waals surface area contributed by atoms with E-state index in [-0.39, 0.29) is 5.91 Å². The molecule has 0 aliphatic rings. The van der Waals surface area contributed by atoms with Gasteiger partial charge in [-0.3, -0.25) is 4.79 Å². The highest BCUT2D eigenvalue weighted by Crippen LogP contribution is 2.27. The van der Waals surface area contributed by atoms with E-state index < -0.39 is 5.25 Å². The van der Waals surface area contributed by atoms with E-state index >= 15 is 0 Å². The minimum absolute atomic E-state index is 0.218. The Morgan fingerprint density at radius 3 is 2.71 bits per heavy atom. The molecule has 9 heteroatoms. The number of thioether (sulfide) groups is 1. The Labute approximate surface area is 136 Å². The fraction of sp³-hybridized carbons (Fsp3) is 0.250. The summed E-state index contributed by atoms with van der Waals surface area (Å²) in [6, 6.07) is 4.87. The second-order valence-electron chi connectivity index (χ2n) is 4.27. The number of anilines is 1. The maximum Gasteiger partial charge on any atom is 0.237 e. The summed E-state index contributed by atoms with van der Waals surface area (Å²) in [5.41, 5.74) is 0.504. The van der Waals surface area contributed by atoms with Gasteiger partial charge in [-0.1, -0.05) is 35.0 Å². The van der Waals surface area contributed by atoms with Crippen molar-refractivity contribution in [2.45, 2.75) is 24.3 Å². The lowest BCUT2D eigenvalue weighted by Gasteiger charge is -2.12. The van der Waals surface area contributed by atoms with Gasteiger partial charge in [0.1, 0.15) is 5.82 Å². The normalized spacial score (nSPS) is 12.2. The molecule has 0 aliphatic carbocycles. The molecule has 112 valence electrons. The van der Waals surface area contributed by atoms with Crippen LogP contribution in [0.25, 0.3) is 0 Å². The Morgan fingerprint density at radius 2 is 2.14 bits per heavy atom. The highest BCUT2D eigenvalue weighted by molar-refractivity contribution is 8.00. The molecular formula is C12H13Cl2N5OS. The Balaban J connectivity index is 2.04. The molecule has 1 heterocycles. The first-order valence-corrected chi connectivity index (χ1v) is 7.61. The lowest BCUT2D eigenvalue weighted by Crippen LogP contribution is -2.23. The van der Waals surface area contributed by atoms with Crippen LogP contribution in [-0.4, -0.2) is 26.0 Å². The topological polar surface area (TPSA) is 85.8 Å². The van der Waals surface area contributed by atoms with Crippen molar-refractivity contribution in [3.05, 3.63) is 34.1 Å². The molecule has 0 radical (unpaired) electrons. The number of hydrogen-bond acceptors (Lipinski definition) is 5. The summed E-state index contributed by atoms with van der Waals surface area (Å²) in [6.07, 6.45) is 0. The third kappa shape index (κ3) is 3.81. The largest absolute Gasteiger partial charge is 0.336 e. The van der Waals surface area contributed by atoms with Crippen LogP contribution < -0.4 is 11.2 Å². The van der Waals surface area contributed by atoms with Crippen molar-refractivity contribution in [2.24, 2.45) is 0 Å². The third-order valence-corrected chi connectivity index (χ3v) is 4.28. The van der Waals surface area contributed by atoms with Gasteiger partial charge < -0.3 is 11.2 Å². The van der Waals surface area contributed by atoms with Crippen LogP contribution >= 0.6 is 35.0 Å². The second-order valence-corrected chi connectivity index (χ2v) is 6.42. The molecule has 3 N–H and O–H groups in total. The van der Waals surface area contributed by atoms with Gasteiger partial charge in [0, 0.05) is 5.02 Å². The van der Waals surface area contributed by atoms with Crippen molar-refractivity contribution in [1.29, 1.82) is 0 Å². The van der Waals surface area contributed by atoms with E-state index in [1.165, 1.54) is 16.4 Å². The smallest absolute Gasteiger partial charge is 0.237 e. The van der Waals surface area contributed by atoms with Gasteiger partial charge in [-0.25, -0.2) is 4.68 Å². The zero-order chi connectivity index (χ0) is 15.6. The summed E-state index contributed by atoms with van der Waals surface area (Å²) in [6.45, 7) is 3.48. The second kappa shape index (κ2) is 6.55. The average Bonchev–Trinajstić information content (AvgIpc) is 2.73. The highest BCUT2D eigenvalue weighted by atomic mass is 35.5. The molecule has 2 aromatic rings. The van der Waals surface area contributed by atoms with Crippen molar-refractivity contribution < 1.29 is 4.79 Å². The molecule has 6 nitrogen and oxygen atoms in total. The lowest BCUT2D eigenvalue weighted by molar-refractivity contribution is -0.115. The quantitative estimate of drug-likeness (QED) is 0.657. The maximum atomic E-state index is 12.2. The van der Waals surface area contributed by atoms with E-state index in [2.05, 4.69) is 15.5 Å². The third-order valence-electron chi connectivity index (χ3n) is 2.68. The van der Waals surface area contributed by atoms with Crippen LogP contribution in [0, 0.1) is 6.92 Å². The number of nitrogens with one attached hydrogen (secondary N) is 1. The van der Waals surface area contributed by atoms with Gasteiger partial charge in [0.25, 0.3) is 0 Å². The van der Waals surface area contributed by atoms with E-state index in [1.807, 2.05) is 0 Å². The number of carbonyl (C=O) groups is 1. The van der Waals surface area contributed by atoms with Gasteiger partial charge in [0.05, 0.1) is 16.0 Å². The first kappa shape index (κ1) is 15.9. The molecule has 0 saturated heterocycles. The molecule has 1 aromatic carbocycles. The standard InChI is InChI=1S/C12H13Cl2N5OS/c1-6(21-12-18-17-7(2)19(12)15)11(20)16-10-4-3-8(13)5-9(10)14/h3-6H,15H2,1-2H3,(H,16,20)/t6-/m1/s1. The number of benzene rings is 1. The van der Waals surface area contributed by atoms with E-state index in [1.54, 1.807) is 32.0 Å². The molecule has 0 spiro atoms. The van der Waals surface area contributed by atoms with Crippen LogP contribution in [0.4, 0.5) is 5.69 Å². The summed E-state index contributed by atoms with van der Waals surface area (Å²) in [5.74, 6) is 6.10. The Kier molecular flexibility index (Phi) is 4.97. The Morgan fingerprint density at radius 1 is 1.43 bits per heavy atom. The fourth-order valence-corrected chi connectivity index (χ4v) is 2.74. The summed E-state index contributed by atoms with van der Waals surface area (Å²) < 4.78 is 1.34.